The molecule has 1 aromatic rings. The number of carbonyl (C=O) groups is 1. The van der Waals surface area contributed by atoms with Gasteiger partial charge in [-0.3, -0.25) is 0 Å². The van der Waals surface area contributed by atoms with Gasteiger partial charge >= 0.3 is 12.3 Å². The van der Waals surface area contributed by atoms with Crippen LogP contribution in [0.15, 0.2) is 18.3 Å². The van der Waals surface area contributed by atoms with Crippen LogP contribution < -0.4 is 4.74 Å². The normalized spacial score (nSPS) is 20.9. The first-order valence-corrected chi connectivity index (χ1v) is 8.89. The zero-order valence-electron chi connectivity index (χ0n) is 15.0. The number of amides is 1. The minimum atomic E-state index is -4.77. The summed E-state index contributed by atoms with van der Waals surface area (Å²) in [4.78, 5) is 17.4. The van der Waals surface area contributed by atoms with E-state index in [0.29, 0.717) is 24.9 Å². The predicted molar refractivity (Wildman–Crippen MR) is 89.4 cm³/mol. The smallest absolute Gasteiger partial charge is 0.427 e. The zero-order valence-corrected chi connectivity index (χ0v) is 15.0. The number of pyridine rings is 1. The summed E-state index contributed by atoms with van der Waals surface area (Å²) in [5.74, 6) is 0.985. The Morgan fingerprint density at radius 2 is 2.07 bits per heavy atom. The van der Waals surface area contributed by atoms with Crippen LogP contribution in [0, 0.1) is 5.41 Å². The number of aliphatic hydroxyl groups excluding tert-OH is 1. The number of carbonyl (C=O) groups excluding carboxylic acids is 1. The van der Waals surface area contributed by atoms with Gasteiger partial charge in [0.15, 0.2) is 0 Å². The largest absolute Gasteiger partial charge is 0.481 e. The van der Waals surface area contributed by atoms with Gasteiger partial charge in [-0.25, -0.2) is 9.78 Å². The number of aromatic nitrogens is 1. The number of methoxy groups -OCH3 is 1. The molecule has 1 aromatic heterocycles. The Balaban J connectivity index is 1.50. The molecule has 3 rings (SSSR count). The Bertz CT molecular complexity index is 667. The summed E-state index contributed by atoms with van der Waals surface area (Å²) < 4.78 is 47.5. The number of nitrogens with zero attached hydrogens (tertiary/aromatic N) is 2. The van der Waals surface area contributed by atoms with Gasteiger partial charge in [0.05, 0.1) is 13.7 Å². The lowest BCUT2D eigenvalue weighted by molar-refractivity contribution is -0.215. The minimum Gasteiger partial charge on any atom is -0.481 e. The molecule has 0 bridgehead atoms. The Labute approximate surface area is 155 Å². The molecule has 150 valence electrons. The highest BCUT2D eigenvalue weighted by Crippen LogP contribution is 2.56. The monoisotopic (exact) mass is 388 g/mol. The number of alkyl halides is 3. The second-order valence-electron chi connectivity index (χ2n) is 7.32. The molecule has 9 heteroatoms. The van der Waals surface area contributed by atoms with Gasteiger partial charge in [-0.15, -0.1) is 0 Å². The maximum Gasteiger partial charge on any atom is 0.427 e. The molecule has 1 amide bonds. The SMILES string of the molecule is COc1cc(C2CC3(CCN(C(=O)O[C@H](CO)C(F)(F)F)CC3)C2)ccn1. The first kappa shape index (κ1) is 19.7. The third-order valence-electron chi connectivity index (χ3n) is 5.65. The molecule has 2 aliphatic rings. The van der Waals surface area contributed by atoms with Crippen molar-refractivity contribution in [2.45, 2.75) is 43.9 Å². The van der Waals surface area contributed by atoms with E-state index in [2.05, 4.69) is 9.72 Å². The quantitative estimate of drug-likeness (QED) is 0.858. The topological polar surface area (TPSA) is 71.9 Å². The number of hydrogen-bond donors (Lipinski definition) is 1. The van der Waals surface area contributed by atoms with Crippen molar-refractivity contribution in [3.8, 4) is 5.88 Å². The maximum atomic E-state index is 12.6. The van der Waals surface area contributed by atoms with Crippen molar-refractivity contribution >= 4 is 6.09 Å². The molecule has 1 saturated heterocycles. The van der Waals surface area contributed by atoms with Crippen molar-refractivity contribution in [1.82, 2.24) is 9.88 Å². The second kappa shape index (κ2) is 7.53. The van der Waals surface area contributed by atoms with Crippen LogP contribution in [0.5, 0.6) is 5.88 Å². The van der Waals surface area contributed by atoms with Gasteiger partial charge in [-0.2, -0.15) is 13.2 Å². The van der Waals surface area contributed by atoms with E-state index in [1.54, 1.807) is 13.3 Å². The van der Waals surface area contributed by atoms with Crippen LogP contribution in [0.4, 0.5) is 18.0 Å². The van der Waals surface area contributed by atoms with Gasteiger partial charge in [0.25, 0.3) is 0 Å². The van der Waals surface area contributed by atoms with Crippen LogP contribution in [-0.2, 0) is 4.74 Å². The van der Waals surface area contributed by atoms with Crippen molar-refractivity contribution in [3.05, 3.63) is 23.9 Å². The number of hydrogen-bond acceptors (Lipinski definition) is 5. The van der Waals surface area contributed by atoms with Gasteiger partial charge in [0, 0.05) is 25.4 Å². The molecule has 1 aliphatic heterocycles. The lowest BCUT2D eigenvalue weighted by Gasteiger charge is -2.52. The number of halogens is 3. The molecule has 1 N–H and O–H groups in total. The van der Waals surface area contributed by atoms with E-state index in [1.807, 2.05) is 12.1 Å². The lowest BCUT2D eigenvalue weighted by atomic mass is 9.56. The average Bonchev–Trinajstić information content (AvgIpc) is 2.63. The number of likely N-dealkylation sites (tertiary alicyclic amines) is 1. The van der Waals surface area contributed by atoms with Crippen molar-refractivity contribution in [2.24, 2.45) is 5.41 Å². The second-order valence-corrected chi connectivity index (χ2v) is 7.32. The van der Waals surface area contributed by atoms with Gasteiger partial charge in [-0.05, 0) is 48.6 Å². The Kier molecular flexibility index (Phi) is 5.50. The van der Waals surface area contributed by atoms with Crippen LogP contribution in [0.3, 0.4) is 0 Å². The summed E-state index contributed by atoms with van der Waals surface area (Å²) in [5.41, 5.74) is 1.29. The van der Waals surface area contributed by atoms with Crippen LogP contribution in [0.1, 0.15) is 37.2 Å². The first-order valence-electron chi connectivity index (χ1n) is 8.89. The molecular weight excluding hydrogens is 365 g/mol. The molecule has 1 saturated carbocycles. The fraction of sp³-hybridized carbons (Fsp3) is 0.667. The van der Waals surface area contributed by atoms with E-state index in [-0.39, 0.29) is 5.41 Å². The average molecular weight is 388 g/mol. The molecule has 1 aliphatic carbocycles. The number of ether oxygens (including phenoxy) is 2. The fourth-order valence-corrected chi connectivity index (χ4v) is 3.99. The summed E-state index contributed by atoms with van der Waals surface area (Å²) in [5, 5.41) is 8.78. The molecular formula is C18H23F3N2O4. The van der Waals surface area contributed by atoms with E-state index in [9.17, 15) is 18.0 Å². The van der Waals surface area contributed by atoms with Crippen LogP contribution in [0.25, 0.3) is 0 Å². The third kappa shape index (κ3) is 4.28. The van der Waals surface area contributed by atoms with Crippen molar-refractivity contribution in [1.29, 1.82) is 0 Å². The van der Waals surface area contributed by atoms with Crippen molar-refractivity contribution in [3.63, 3.8) is 0 Å². The molecule has 1 atom stereocenters. The number of rotatable bonds is 4. The standard InChI is InChI=1S/C18H23F3N2O4/c1-26-15-8-12(2-5-22-15)13-9-17(10-13)3-6-23(7-4-17)16(25)27-14(11-24)18(19,20)21/h2,5,8,13-14,24H,3-4,6-7,9-11H2,1H3/t14-/m1/s1. The van der Waals surface area contributed by atoms with Gasteiger partial charge < -0.3 is 19.5 Å². The first-order chi connectivity index (χ1) is 12.8. The number of aliphatic hydroxyl groups is 1. The van der Waals surface area contributed by atoms with Crippen molar-refractivity contribution < 1.29 is 32.5 Å². The molecule has 2 fully saturated rings. The van der Waals surface area contributed by atoms with E-state index >= 15 is 0 Å². The summed E-state index contributed by atoms with van der Waals surface area (Å²) in [6.45, 7) is -0.549. The zero-order chi connectivity index (χ0) is 19.7. The lowest BCUT2D eigenvalue weighted by Crippen LogP contribution is -2.49. The molecule has 0 unspecified atom stereocenters. The summed E-state index contributed by atoms with van der Waals surface area (Å²) in [6, 6.07) is 3.90. The highest BCUT2D eigenvalue weighted by atomic mass is 19.4. The van der Waals surface area contributed by atoms with E-state index in [0.717, 1.165) is 25.7 Å². The Morgan fingerprint density at radius 3 is 2.63 bits per heavy atom. The predicted octanol–water partition coefficient (Wildman–Crippen LogP) is 3.11. The number of piperidine rings is 1. The van der Waals surface area contributed by atoms with Crippen LogP contribution in [-0.4, -0.2) is 60.2 Å². The van der Waals surface area contributed by atoms with Gasteiger partial charge in [0.2, 0.25) is 12.0 Å². The summed E-state index contributed by atoms with van der Waals surface area (Å²) in [6.07, 6.45) is -3.13. The summed E-state index contributed by atoms with van der Waals surface area (Å²) >= 11 is 0. The third-order valence-corrected chi connectivity index (χ3v) is 5.65. The Hall–Kier alpha value is -2.03. The van der Waals surface area contributed by atoms with Gasteiger partial charge in [0.1, 0.15) is 0 Å². The van der Waals surface area contributed by atoms with E-state index in [4.69, 9.17) is 9.84 Å². The summed E-state index contributed by atoms with van der Waals surface area (Å²) in [7, 11) is 1.57. The molecule has 2 heterocycles. The highest BCUT2D eigenvalue weighted by molar-refractivity contribution is 5.68. The van der Waals surface area contributed by atoms with Crippen molar-refractivity contribution in [2.75, 3.05) is 26.8 Å². The molecule has 6 nitrogen and oxygen atoms in total. The highest BCUT2D eigenvalue weighted by Gasteiger charge is 2.48. The Morgan fingerprint density at radius 1 is 1.41 bits per heavy atom. The molecule has 27 heavy (non-hydrogen) atoms. The molecule has 1 spiro atoms. The van der Waals surface area contributed by atoms with E-state index in [1.165, 1.54) is 10.5 Å². The maximum absolute atomic E-state index is 12.6. The molecule has 0 radical (unpaired) electrons. The fourth-order valence-electron chi connectivity index (χ4n) is 3.99. The van der Waals surface area contributed by atoms with E-state index < -0.39 is 25.0 Å². The van der Waals surface area contributed by atoms with Crippen LogP contribution >= 0.6 is 0 Å². The van der Waals surface area contributed by atoms with Crippen LogP contribution in [0.2, 0.25) is 0 Å². The molecule has 0 aromatic carbocycles. The minimum absolute atomic E-state index is 0.123. The van der Waals surface area contributed by atoms with Gasteiger partial charge in [-0.1, -0.05) is 0 Å².